The van der Waals surface area contributed by atoms with Gasteiger partial charge in [0.15, 0.2) is 0 Å². The molecule has 3 nitrogen and oxygen atoms in total. The molecule has 0 bridgehead atoms. The van der Waals surface area contributed by atoms with E-state index in [9.17, 15) is 4.79 Å². The van der Waals surface area contributed by atoms with E-state index in [1.807, 2.05) is 17.5 Å². The molecule has 1 aromatic heterocycles. The summed E-state index contributed by atoms with van der Waals surface area (Å²) in [6.45, 7) is 1.79. The van der Waals surface area contributed by atoms with Gasteiger partial charge < -0.3 is 10.6 Å². The van der Waals surface area contributed by atoms with Crippen molar-refractivity contribution in [1.82, 2.24) is 10.6 Å². The Labute approximate surface area is 107 Å². The zero-order valence-corrected chi connectivity index (χ0v) is 10.9. The summed E-state index contributed by atoms with van der Waals surface area (Å²) in [5, 5.41) is 8.47. The molecule has 1 aliphatic rings. The van der Waals surface area contributed by atoms with Gasteiger partial charge in [0.2, 0.25) is 5.91 Å². The van der Waals surface area contributed by atoms with Crippen molar-refractivity contribution in [3.63, 3.8) is 0 Å². The lowest BCUT2D eigenvalue weighted by molar-refractivity contribution is -0.121. The van der Waals surface area contributed by atoms with E-state index in [0.29, 0.717) is 19.0 Å². The van der Waals surface area contributed by atoms with E-state index in [1.165, 1.54) is 24.1 Å². The Morgan fingerprint density at radius 3 is 3.18 bits per heavy atom. The van der Waals surface area contributed by atoms with Gasteiger partial charge in [0.25, 0.3) is 0 Å². The molecule has 1 atom stereocenters. The quantitative estimate of drug-likeness (QED) is 0.844. The third-order valence-corrected chi connectivity index (χ3v) is 4.05. The molecular formula is C13H20N2OS. The van der Waals surface area contributed by atoms with Crippen LogP contribution in [0.15, 0.2) is 17.5 Å². The summed E-state index contributed by atoms with van der Waals surface area (Å²) >= 11 is 1.68. The molecule has 1 amide bonds. The molecule has 2 rings (SSSR count). The van der Waals surface area contributed by atoms with Crippen molar-refractivity contribution in [2.45, 2.75) is 44.7 Å². The summed E-state index contributed by atoms with van der Waals surface area (Å²) in [5.74, 6) is 0.172. The molecular weight excluding hydrogens is 232 g/mol. The van der Waals surface area contributed by atoms with Gasteiger partial charge in [-0.2, -0.15) is 0 Å². The van der Waals surface area contributed by atoms with Crippen LogP contribution in [0.4, 0.5) is 0 Å². The SMILES string of the molecule is O=C(CCC1CCCCN1)NCc1cccs1. The molecule has 1 fully saturated rings. The monoisotopic (exact) mass is 252 g/mol. The second-order valence-electron chi connectivity index (χ2n) is 4.54. The van der Waals surface area contributed by atoms with Crippen molar-refractivity contribution in [3.05, 3.63) is 22.4 Å². The molecule has 0 radical (unpaired) electrons. The summed E-state index contributed by atoms with van der Waals surface area (Å²) in [5.41, 5.74) is 0. The van der Waals surface area contributed by atoms with Crippen molar-refractivity contribution in [2.75, 3.05) is 6.54 Å². The Kier molecular flexibility index (Phi) is 5.01. The highest BCUT2D eigenvalue weighted by Gasteiger charge is 2.13. The molecule has 94 valence electrons. The smallest absolute Gasteiger partial charge is 0.220 e. The normalized spacial score (nSPS) is 20.1. The molecule has 0 aromatic carbocycles. The maximum absolute atomic E-state index is 11.6. The van der Waals surface area contributed by atoms with E-state index < -0.39 is 0 Å². The molecule has 0 saturated carbocycles. The number of carbonyl (C=O) groups is 1. The van der Waals surface area contributed by atoms with E-state index in [4.69, 9.17) is 0 Å². The highest BCUT2D eigenvalue weighted by atomic mass is 32.1. The molecule has 1 aliphatic heterocycles. The van der Waals surface area contributed by atoms with Gasteiger partial charge in [-0.05, 0) is 37.3 Å². The molecule has 0 aliphatic carbocycles. The average Bonchev–Trinajstić information content (AvgIpc) is 2.88. The predicted molar refractivity (Wildman–Crippen MR) is 71.0 cm³/mol. The Balaban J connectivity index is 1.60. The summed E-state index contributed by atoms with van der Waals surface area (Å²) in [4.78, 5) is 12.9. The minimum absolute atomic E-state index is 0.172. The molecule has 2 N–H and O–H groups in total. The van der Waals surface area contributed by atoms with Gasteiger partial charge in [-0.1, -0.05) is 12.5 Å². The van der Waals surface area contributed by atoms with Crippen LogP contribution in [0.2, 0.25) is 0 Å². The van der Waals surface area contributed by atoms with Gasteiger partial charge in [0, 0.05) is 17.3 Å². The van der Waals surface area contributed by atoms with Gasteiger partial charge in [-0.15, -0.1) is 11.3 Å². The molecule has 1 aromatic rings. The third-order valence-electron chi connectivity index (χ3n) is 3.17. The zero-order chi connectivity index (χ0) is 11.9. The van der Waals surface area contributed by atoms with Crippen molar-refractivity contribution in [1.29, 1.82) is 0 Å². The van der Waals surface area contributed by atoms with Crippen LogP contribution in [-0.2, 0) is 11.3 Å². The van der Waals surface area contributed by atoms with E-state index in [0.717, 1.165) is 13.0 Å². The average molecular weight is 252 g/mol. The molecule has 0 spiro atoms. The molecule has 4 heteroatoms. The van der Waals surface area contributed by atoms with Gasteiger partial charge >= 0.3 is 0 Å². The lowest BCUT2D eigenvalue weighted by atomic mass is 10.0. The highest BCUT2D eigenvalue weighted by Crippen LogP contribution is 2.12. The Hall–Kier alpha value is -0.870. The van der Waals surface area contributed by atoms with Crippen LogP contribution in [0, 0.1) is 0 Å². The molecule has 1 saturated heterocycles. The van der Waals surface area contributed by atoms with Crippen molar-refractivity contribution in [2.24, 2.45) is 0 Å². The number of thiophene rings is 1. The van der Waals surface area contributed by atoms with E-state index >= 15 is 0 Å². The van der Waals surface area contributed by atoms with Gasteiger partial charge in [-0.3, -0.25) is 4.79 Å². The standard InChI is InChI=1S/C13H20N2OS/c16-13(15-10-12-5-3-9-17-12)7-6-11-4-1-2-8-14-11/h3,5,9,11,14H,1-2,4,6-8,10H2,(H,15,16). The van der Waals surface area contributed by atoms with Gasteiger partial charge in [0.05, 0.1) is 6.54 Å². The fourth-order valence-corrected chi connectivity index (χ4v) is 2.81. The van der Waals surface area contributed by atoms with Crippen LogP contribution in [0.1, 0.15) is 37.0 Å². The first-order valence-electron chi connectivity index (χ1n) is 6.37. The second kappa shape index (κ2) is 6.77. The van der Waals surface area contributed by atoms with Crippen LogP contribution < -0.4 is 10.6 Å². The summed E-state index contributed by atoms with van der Waals surface area (Å²) in [6.07, 6.45) is 5.41. The highest BCUT2D eigenvalue weighted by molar-refractivity contribution is 7.09. The van der Waals surface area contributed by atoms with E-state index in [1.54, 1.807) is 11.3 Å². The number of piperidine rings is 1. The largest absolute Gasteiger partial charge is 0.351 e. The van der Waals surface area contributed by atoms with Crippen LogP contribution in [-0.4, -0.2) is 18.5 Å². The summed E-state index contributed by atoms with van der Waals surface area (Å²) < 4.78 is 0. The van der Waals surface area contributed by atoms with Crippen LogP contribution in [0.5, 0.6) is 0 Å². The van der Waals surface area contributed by atoms with Gasteiger partial charge in [-0.25, -0.2) is 0 Å². The minimum atomic E-state index is 0.172. The third kappa shape index (κ3) is 4.48. The lowest BCUT2D eigenvalue weighted by Crippen LogP contribution is -2.35. The van der Waals surface area contributed by atoms with Crippen LogP contribution in [0.3, 0.4) is 0 Å². The van der Waals surface area contributed by atoms with Crippen molar-refractivity contribution in [3.8, 4) is 0 Å². The maximum atomic E-state index is 11.6. The van der Waals surface area contributed by atoms with Crippen molar-refractivity contribution < 1.29 is 4.79 Å². The van der Waals surface area contributed by atoms with Crippen LogP contribution in [0.25, 0.3) is 0 Å². The number of carbonyl (C=O) groups excluding carboxylic acids is 1. The number of nitrogens with one attached hydrogen (secondary N) is 2. The number of hydrogen-bond donors (Lipinski definition) is 2. The zero-order valence-electron chi connectivity index (χ0n) is 10.1. The van der Waals surface area contributed by atoms with Gasteiger partial charge in [0.1, 0.15) is 0 Å². The van der Waals surface area contributed by atoms with E-state index in [2.05, 4.69) is 10.6 Å². The fourth-order valence-electron chi connectivity index (χ4n) is 2.16. The molecule has 2 heterocycles. The predicted octanol–water partition coefficient (Wildman–Crippen LogP) is 2.29. The Bertz CT molecular complexity index is 331. The number of hydrogen-bond acceptors (Lipinski definition) is 3. The fraction of sp³-hybridized carbons (Fsp3) is 0.615. The molecule has 1 unspecified atom stereocenters. The topological polar surface area (TPSA) is 41.1 Å². The van der Waals surface area contributed by atoms with Crippen LogP contribution >= 0.6 is 11.3 Å². The first-order chi connectivity index (χ1) is 8.34. The summed E-state index contributed by atoms with van der Waals surface area (Å²) in [7, 11) is 0. The Morgan fingerprint density at radius 1 is 1.53 bits per heavy atom. The first kappa shape index (κ1) is 12.6. The van der Waals surface area contributed by atoms with E-state index in [-0.39, 0.29) is 5.91 Å². The first-order valence-corrected chi connectivity index (χ1v) is 7.25. The van der Waals surface area contributed by atoms with Crippen molar-refractivity contribution >= 4 is 17.2 Å². The minimum Gasteiger partial charge on any atom is -0.351 e. The maximum Gasteiger partial charge on any atom is 0.220 e. The Morgan fingerprint density at radius 2 is 2.47 bits per heavy atom. The second-order valence-corrected chi connectivity index (χ2v) is 5.57. The molecule has 17 heavy (non-hydrogen) atoms. The number of amides is 1. The summed E-state index contributed by atoms with van der Waals surface area (Å²) in [6, 6.07) is 4.61. The number of rotatable bonds is 5. The lowest BCUT2D eigenvalue weighted by Gasteiger charge is -2.22.